The molecule has 1 amide bonds. The highest BCUT2D eigenvalue weighted by Crippen LogP contribution is 2.46. The largest absolute Gasteiger partial charge is 0.375 e. The number of carbonyl (C=O) groups excluding carboxylic acids is 1. The lowest BCUT2D eigenvalue weighted by molar-refractivity contribution is -0.129. The van der Waals surface area contributed by atoms with Crippen molar-refractivity contribution in [3.8, 4) is 11.8 Å². The summed E-state index contributed by atoms with van der Waals surface area (Å²) in [5.41, 5.74) is 6.75. The van der Waals surface area contributed by atoms with Gasteiger partial charge in [-0.2, -0.15) is 0 Å². The maximum absolute atomic E-state index is 12.1. The summed E-state index contributed by atoms with van der Waals surface area (Å²) in [6, 6.07) is 0.788. The van der Waals surface area contributed by atoms with E-state index >= 15 is 0 Å². The number of rotatable bonds is 5. The molecule has 2 aliphatic carbocycles. The van der Waals surface area contributed by atoms with Crippen LogP contribution < -0.4 is 16.4 Å². The molecule has 228 valence electrons. The van der Waals surface area contributed by atoms with Gasteiger partial charge in [-0.15, -0.1) is 0 Å². The van der Waals surface area contributed by atoms with Gasteiger partial charge >= 0.3 is 0 Å². The van der Waals surface area contributed by atoms with Crippen molar-refractivity contribution in [1.82, 2.24) is 25.3 Å². The van der Waals surface area contributed by atoms with E-state index in [0.717, 1.165) is 39.3 Å². The first-order valence-electron chi connectivity index (χ1n) is 16.7. The van der Waals surface area contributed by atoms with Crippen molar-refractivity contribution in [3.05, 3.63) is 12.7 Å². The molecular weight excluding hydrogens is 512 g/mol. The smallest absolute Gasteiger partial charge is 0.245 e. The van der Waals surface area contributed by atoms with Gasteiger partial charge < -0.3 is 15.4 Å². The van der Waals surface area contributed by atoms with Crippen LogP contribution in [0.2, 0.25) is 0 Å². The Kier molecular flexibility index (Phi) is 9.41. The molecule has 4 heterocycles. The molecule has 41 heavy (non-hydrogen) atoms. The van der Waals surface area contributed by atoms with Crippen molar-refractivity contribution < 1.29 is 9.53 Å². The van der Waals surface area contributed by atoms with Crippen LogP contribution in [0.25, 0.3) is 0 Å². The molecule has 0 aromatic rings. The Bertz CT molecular complexity index is 976. The van der Waals surface area contributed by atoms with Crippen molar-refractivity contribution in [3.63, 3.8) is 0 Å². The summed E-state index contributed by atoms with van der Waals surface area (Å²) in [5, 5.41) is 7.21. The van der Waals surface area contributed by atoms with Gasteiger partial charge in [0.05, 0.1) is 30.6 Å². The highest BCUT2D eigenvalue weighted by Gasteiger charge is 2.53. The van der Waals surface area contributed by atoms with Crippen LogP contribution in [0.5, 0.6) is 0 Å². The standard InChI is InChI=1S/C33H54N6O2/c1-4-29(40)38-17-16-27(22(2)18-38)39-19-23(20-39)10-15-28-30(31-32(34)35-21-36-33(31)37(28)3)24-11-13-26(14-12-24)41-25-8-6-5-7-9-25/h4,22-28,30-33,35-36H,1,5-9,11-14,16-21,34H2,2-3H3/t22-,24?,26?,27-,28?,30?,31?,32?,33?/m1/s1. The number of hydrogen-bond donors (Lipinski definition) is 3. The number of likely N-dealkylation sites (tertiary alicyclic amines) is 3. The van der Waals surface area contributed by atoms with E-state index in [0.29, 0.717) is 47.8 Å². The lowest BCUT2D eigenvalue weighted by atomic mass is 9.70. The first-order valence-corrected chi connectivity index (χ1v) is 16.7. The predicted octanol–water partition coefficient (Wildman–Crippen LogP) is 2.56. The number of amides is 1. The van der Waals surface area contributed by atoms with Crippen molar-refractivity contribution in [1.29, 1.82) is 0 Å². The summed E-state index contributed by atoms with van der Waals surface area (Å²) in [7, 11) is 2.26. The van der Waals surface area contributed by atoms with Gasteiger partial charge in [0.2, 0.25) is 5.91 Å². The molecule has 6 rings (SSSR count). The monoisotopic (exact) mass is 566 g/mol. The number of hydrogen-bond acceptors (Lipinski definition) is 7. The zero-order valence-corrected chi connectivity index (χ0v) is 25.5. The Hall–Kier alpha value is -1.47. The number of nitrogens with two attached hydrogens (primary N) is 1. The maximum atomic E-state index is 12.1. The van der Waals surface area contributed by atoms with Crippen LogP contribution in [-0.4, -0.2) is 97.1 Å². The third-order valence-corrected chi connectivity index (χ3v) is 11.5. The summed E-state index contributed by atoms with van der Waals surface area (Å²) in [5.74, 6) is 10.0. The van der Waals surface area contributed by atoms with E-state index in [1.807, 2.05) is 4.90 Å². The van der Waals surface area contributed by atoms with Crippen molar-refractivity contribution in [2.24, 2.45) is 35.3 Å². The Balaban J connectivity index is 1.07. The molecule has 7 atom stereocenters. The summed E-state index contributed by atoms with van der Waals surface area (Å²) in [6.45, 7) is 10.5. The summed E-state index contributed by atoms with van der Waals surface area (Å²) in [4.78, 5) is 19.1. The van der Waals surface area contributed by atoms with Crippen LogP contribution in [0.1, 0.15) is 71.1 Å². The van der Waals surface area contributed by atoms with Crippen LogP contribution in [0, 0.1) is 41.4 Å². The van der Waals surface area contributed by atoms with Gasteiger partial charge in [-0.25, -0.2) is 0 Å². The first kappa shape index (κ1) is 29.6. The number of fused-ring (bicyclic) bond motifs is 1. The van der Waals surface area contributed by atoms with E-state index in [2.05, 4.69) is 52.8 Å². The number of ether oxygens (including phenoxy) is 1. The SMILES string of the molecule is C=CC(=O)N1CC[C@@H](N2CC(C#CC3C(C4CCC(OC5CCCCC5)CC4)C4C(N)NCNC4N3C)C2)[C@H](C)C1. The van der Waals surface area contributed by atoms with E-state index < -0.39 is 0 Å². The van der Waals surface area contributed by atoms with Gasteiger partial charge in [0.15, 0.2) is 0 Å². The third-order valence-electron chi connectivity index (χ3n) is 11.5. The summed E-state index contributed by atoms with van der Waals surface area (Å²) in [6.07, 6.45) is 15.1. The lowest BCUT2D eigenvalue weighted by Gasteiger charge is -2.48. The molecular formula is C33H54N6O2. The normalized spacial score (nSPS) is 41.2. The highest BCUT2D eigenvalue weighted by atomic mass is 16.5. The lowest BCUT2D eigenvalue weighted by Crippen LogP contribution is -2.63. The molecule has 6 aliphatic rings. The van der Waals surface area contributed by atoms with Gasteiger partial charge in [-0.05, 0) is 75.8 Å². The van der Waals surface area contributed by atoms with Crippen LogP contribution in [0.4, 0.5) is 0 Å². The molecule has 0 bridgehead atoms. The van der Waals surface area contributed by atoms with Crippen LogP contribution in [0.3, 0.4) is 0 Å². The Labute approximate surface area is 248 Å². The topological polar surface area (TPSA) is 86.1 Å². The molecule has 8 nitrogen and oxygen atoms in total. The summed E-state index contributed by atoms with van der Waals surface area (Å²) < 4.78 is 6.59. The van der Waals surface area contributed by atoms with E-state index in [9.17, 15) is 4.79 Å². The molecule has 2 saturated carbocycles. The van der Waals surface area contributed by atoms with E-state index in [4.69, 9.17) is 10.5 Å². The average molecular weight is 567 g/mol. The minimum atomic E-state index is 0.0104. The fourth-order valence-electron chi connectivity index (χ4n) is 9.21. The van der Waals surface area contributed by atoms with Crippen molar-refractivity contribution in [2.45, 2.75) is 108 Å². The van der Waals surface area contributed by atoms with Gasteiger partial charge in [0, 0.05) is 50.7 Å². The molecule has 4 saturated heterocycles. The molecule has 0 aromatic carbocycles. The van der Waals surface area contributed by atoms with Gasteiger partial charge in [-0.1, -0.05) is 44.6 Å². The second-order valence-electron chi connectivity index (χ2n) is 14.0. The molecule has 0 radical (unpaired) electrons. The average Bonchev–Trinajstić information content (AvgIpc) is 3.25. The zero-order valence-electron chi connectivity index (χ0n) is 25.5. The molecule has 4 aliphatic heterocycles. The molecule has 4 N–H and O–H groups in total. The molecule has 6 fully saturated rings. The van der Waals surface area contributed by atoms with Crippen molar-refractivity contribution >= 4 is 5.91 Å². The second-order valence-corrected chi connectivity index (χ2v) is 14.0. The molecule has 0 aromatic heterocycles. The number of nitrogens with one attached hydrogen (secondary N) is 2. The van der Waals surface area contributed by atoms with Crippen LogP contribution >= 0.6 is 0 Å². The minimum Gasteiger partial charge on any atom is -0.375 e. The van der Waals surface area contributed by atoms with Gasteiger partial charge in [0.1, 0.15) is 0 Å². The fraction of sp³-hybridized carbons (Fsp3) is 0.848. The molecule has 5 unspecified atom stereocenters. The quantitative estimate of drug-likeness (QED) is 0.348. The van der Waals surface area contributed by atoms with Gasteiger partial charge in [0.25, 0.3) is 0 Å². The third kappa shape index (κ3) is 6.27. The Morgan fingerprint density at radius 1 is 0.951 bits per heavy atom. The number of carbonyl (C=O) groups is 1. The van der Waals surface area contributed by atoms with Crippen LogP contribution in [0.15, 0.2) is 12.7 Å². The van der Waals surface area contributed by atoms with E-state index in [1.54, 1.807) is 0 Å². The highest BCUT2D eigenvalue weighted by molar-refractivity contribution is 5.87. The van der Waals surface area contributed by atoms with Crippen LogP contribution in [-0.2, 0) is 9.53 Å². The Morgan fingerprint density at radius 2 is 1.68 bits per heavy atom. The zero-order chi connectivity index (χ0) is 28.5. The fourth-order valence-corrected chi connectivity index (χ4v) is 9.21. The molecule has 0 spiro atoms. The molecule has 8 heteroatoms. The number of nitrogens with zero attached hydrogens (tertiary/aromatic N) is 3. The van der Waals surface area contributed by atoms with Gasteiger partial charge in [-0.3, -0.25) is 25.2 Å². The van der Waals surface area contributed by atoms with Crippen molar-refractivity contribution in [2.75, 3.05) is 39.9 Å². The Morgan fingerprint density at radius 3 is 2.39 bits per heavy atom. The minimum absolute atomic E-state index is 0.0104. The summed E-state index contributed by atoms with van der Waals surface area (Å²) >= 11 is 0. The maximum Gasteiger partial charge on any atom is 0.245 e. The second kappa shape index (κ2) is 13.0. The predicted molar refractivity (Wildman–Crippen MR) is 162 cm³/mol. The first-order chi connectivity index (χ1) is 19.9. The van der Waals surface area contributed by atoms with E-state index in [1.165, 1.54) is 63.9 Å². The van der Waals surface area contributed by atoms with E-state index in [-0.39, 0.29) is 24.3 Å². The number of piperidine rings is 1.